The van der Waals surface area contributed by atoms with Crippen molar-refractivity contribution in [1.29, 1.82) is 0 Å². The molecule has 0 bridgehead atoms. The van der Waals surface area contributed by atoms with Crippen LogP contribution in [0.5, 0.6) is 0 Å². The highest BCUT2D eigenvalue weighted by molar-refractivity contribution is 5.79. The predicted molar refractivity (Wildman–Crippen MR) is 79.8 cm³/mol. The molecule has 3 rings (SSSR count). The normalized spacial score (nSPS) is 21.1. The topological polar surface area (TPSA) is 62.2 Å². The van der Waals surface area contributed by atoms with Crippen molar-refractivity contribution in [3.05, 3.63) is 12.7 Å². The van der Waals surface area contributed by atoms with Gasteiger partial charge in [-0.3, -0.25) is 4.79 Å². The first-order valence-electron chi connectivity index (χ1n) is 8.00. The average molecular weight is 289 g/mol. The van der Waals surface area contributed by atoms with Gasteiger partial charge in [0, 0.05) is 32.1 Å². The van der Waals surface area contributed by atoms with E-state index < -0.39 is 0 Å². The molecular weight excluding hydrogens is 266 g/mol. The fraction of sp³-hybridized carbons (Fsp3) is 0.733. The van der Waals surface area contributed by atoms with E-state index in [2.05, 4.69) is 24.8 Å². The first-order chi connectivity index (χ1) is 10.3. The van der Waals surface area contributed by atoms with Crippen LogP contribution in [0.15, 0.2) is 12.7 Å². The van der Waals surface area contributed by atoms with E-state index >= 15 is 0 Å². The summed E-state index contributed by atoms with van der Waals surface area (Å²) < 4.78 is 0. The highest BCUT2D eigenvalue weighted by Crippen LogP contribution is 2.23. The molecule has 21 heavy (non-hydrogen) atoms. The second-order valence-electron chi connectivity index (χ2n) is 5.94. The fourth-order valence-corrected chi connectivity index (χ4v) is 3.27. The van der Waals surface area contributed by atoms with Gasteiger partial charge in [0.2, 0.25) is 11.9 Å². The summed E-state index contributed by atoms with van der Waals surface area (Å²) in [5.41, 5.74) is 0. The van der Waals surface area contributed by atoms with Crippen LogP contribution in [0, 0.1) is 5.92 Å². The average Bonchev–Trinajstić information content (AvgIpc) is 2.84. The minimum absolute atomic E-state index is 0.182. The van der Waals surface area contributed by atoms with Crippen molar-refractivity contribution in [1.82, 2.24) is 19.9 Å². The molecule has 0 spiro atoms. The number of nitrogens with zero attached hydrogens (tertiary/aromatic N) is 5. The van der Waals surface area contributed by atoms with Crippen LogP contribution in [-0.2, 0) is 4.79 Å². The zero-order chi connectivity index (χ0) is 14.5. The Morgan fingerprint density at radius 3 is 2.19 bits per heavy atom. The highest BCUT2D eigenvalue weighted by Gasteiger charge is 2.29. The fourth-order valence-electron chi connectivity index (χ4n) is 3.27. The number of rotatable bonds is 2. The van der Waals surface area contributed by atoms with E-state index in [1.807, 2.05) is 0 Å². The van der Waals surface area contributed by atoms with Crippen LogP contribution in [0.3, 0.4) is 0 Å². The molecule has 2 aliphatic rings. The summed E-state index contributed by atoms with van der Waals surface area (Å²) in [6.45, 7) is 3.61. The Labute approximate surface area is 125 Å². The molecule has 114 valence electrons. The number of anilines is 1. The van der Waals surface area contributed by atoms with E-state index in [4.69, 9.17) is 0 Å². The molecule has 0 saturated carbocycles. The molecule has 6 heteroatoms. The molecule has 2 fully saturated rings. The SMILES string of the molecule is O=C(C1CCN(c2ncncn2)CC1)N1CCCCCC1. The molecule has 0 radical (unpaired) electrons. The molecule has 0 atom stereocenters. The van der Waals surface area contributed by atoms with Crippen molar-refractivity contribution in [2.75, 3.05) is 31.1 Å². The van der Waals surface area contributed by atoms with Crippen molar-refractivity contribution in [3.63, 3.8) is 0 Å². The number of hydrogen-bond donors (Lipinski definition) is 0. The van der Waals surface area contributed by atoms with Crippen LogP contribution in [0.25, 0.3) is 0 Å². The lowest BCUT2D eigenvalue weighted by atomic mass is 9.95. The lowest BCUT2D eigenvalue weighted by Gasteiger charge is -2.33. The van der Waals surface area contributed by atoms with Crippen molar-refractivity contribution in [2.45, 2.75) is 38.5 Å². The number of carbonyl (C=O) groups is 1. The zero-order valence-corrected chi connectivity index (χ0v) is 12.4. The molecule has 1 amide bonds. The summed E-state index contributed by atoms with van der Waals surface area (Å²) in [5, 5.41) is 0. The number of aromatic nitrogens is 3. The maximum Gasteiger partial charge on any atom is 0.228 e. The van der Waals surface area contributed by atoms with Gasteiger partial charge < -0.3 is 9.80 Å². The van der Waals surface area contributed by atoms with Gasteiger partial charge in [0.15, 0.2) is 0 Å². The molecule has 0 N–H and O–H groups in total. The number of amides is 1. The van der Waals surface area contributed by atoms with E-state index in [1.54, 1.807) is 0 Å². The van der Waals surface area contributed by atoms with Crippen LogP contribution in [0.1, 0.15) is 38.5 Å². The Balaban J connectivity index is 1.54. The van der Waals surface area contributed by atoms with Gasteiger partial charge in [-0.15, -0.1) is 0 Å². The van der Waals surface area contributed by atoms with Crippen LogP contribution in [0.2, 0.25) is 0 Å². The molecule has 2 saturated heterocycles. The van der Waals surface area contributed by atoms with Gasteiger partial charge in [-0.2, -0.15) is 0 Å². The number of likely N-dealkylation sites (tertiary alicyclic amines) is 1. The molecule has 3 heterocycles. The molecule has 1 aromatic rings. The Morgan fingerprint density at radius 2 is 1.57 bits per heavy atom. The number of hydrogen-bond acceptors (Lipinski definition) is 5. The molecule has 0 aliphatic carbocycles. The third-order valence-electron chi connectivity index (χ3n) is 4.52. The second kappa shape index (κ2) is 6.83. The zero-order valence-electron chi connectivity index (χ0n) is 12.4. The molecule has 2 aliphatic heterocycles. The first kappa shape index (κ1) is 14.2. The number of piperidine rings is 1. The Kier molecular flexibility index (Phi) is 4.62. The van der Waals surface area contributed by atoms with Gasteiger partial charge in [-0.1, -0.05) is 12.8 Å². The summed E-state index contributed by atoms with van der Waals surface area (Å²) in [6.07, 6.45) is 9.71. The van der Waals surface area contributed by atoms with E-state index in [0.29, 0.717) is 5.91 Å². The summed E-state index contributed by atoms with van der Waals surface area (Å²) >= 11 is 0. The lowest BCUT2D eigenvalue weighted by molar-refractivity contribution is -0.136. The maximum atomic E-state index is 12.6. The monoisotopic (exact) mass is 289 g/mol. The van der Waals surface area contributed by atoms with Gasteiger partial charge in [-0.25, -0.2) is 15.0 Å². The minimum Gasteiger partial charge on any atom is -0.342 e. The second-order valence-corrected chi connectivity index (χ2v) is 5.94. The van der Waals surface area contributed by atoms with E-state index in [0.717, 1.165) is 57.8 Å². The Bertz CT molecular complexity index is 450. The van der Waals surface area contributed by atoms with Gasteiger partial charge in [0.1, 0.15) is 12.7 Å². The standard InChI is InChI=1S/C15H23N5O/c21-14(19-7-3-1-2-4-8-19)13-5-9-20(10-6-13)15-17-11-16-12-18-15/h11-13H,1-10H2. The lowest BCUT2D eigenvalue weighted by Crippen LogP contribution is -2.43. The van der Waals surface area contributed by atoms with Crippen LogP contribution in [-0.4, -0.2) is 51.9 Å². The predicted octanol–water partition coefficient (Wildman–Crippen LogP) is 1.49. The third kappa shape index (κ3) is 3.49. The summed E-state index contributed by atoms with van der Waals surface area (Å²) in [7, 11) is 0. The highest BCUT2D eigenvalue weighted by atomic mass is 16.2. The third-order valence-corrected chi connectivity index (χ3v) is 4.52. The molecule has 0 aromatic carbocycles. The Hall–Kier alpha value is -1.72. The van der Waals surface area contributed by atoms with Crippen molar-refractivity contribution in [3.8, 4) is 0 Å². The molecule has 6 nitrogen and oxygen atoms in total. The quantitative estimate of drug-likeness (QED) is 0.825. The van der Waals surface area contributed by atoms with Crippen molar-refractivity contribution >= 4 is 11.9 Å². The molecule has 0 unspecified atom stereocenters. The molecule has 1 aromatic heterocycles. The molecular formula is C15H23N5O. The first-order valence-corrected chi connectivity index (χ1v) is 8.00. The van der Waals surface area contributed by atoms with E-state index in [1.165, 1.54) is 25.5 Å². The van der Waals surface area contributed by atoms with Crippen LogP contribution in [0.4, 0.5) is 5.95 Å². The van der Waals surface area contributed by atoms with E-state index in [9.17, 15) is 4.79 Å². The van der Waals surface area contributed by atoms with Crippen LogP contribution >= 0.6 is 0 Å². The smallest absolute Gasteiger partial charge is 0.228 e. The maximum absolute atomic E-state index is 12.6. The summed E-state index contributed by atoms with van der Waals surface area (Å²) in [5.74, 6) is 1.28. The van der Waals surface area contributed by atoms with Crippen LogP contribution < -0.4 is 4.90 Å². The Morgan fingerprint density at radius 1 is 0.952 bits per heavy atom. The largest absolute Gasteiger partial charge is 0.342 e. The van der Waals surface area contributed by atoms with Crippen molar-refractivity contribution in [2.24, 2.45) is 5.92 Å². The van der Waals surface area contributed by atoms with Gasteiger partial charge in [0.05, 0.1) is 0 Å². The number of carbonyl (C=O) groups excluding carboxylic acids is 1. The summed E-state index contributed by atoms with van der Waals surface area (Å²) in [4.78, 5) is 29.1. The van der Waals surface area contributed by atoms with Gasteiger partial charge in [-0.05, 0) is 25.7 Å². The van der Waals surface area contributed by atoms with Crippen molar-refractivity contribution < 1.29 is 4.79 Å². The van der Waals surface area contributed by atoms with E-state index in [-0.39, 0.29) is 5.92 Å². The van der Waals surface area contributed by atoms with Gasteiger partial charge in [0.25, 0.3) is 0 Å². The summed E-state index contributed by atoms with van der Waals surface area (Å²) in [6, 6.07) is 0. The minimum atomic E-state index is 0.182. The van der Waals surface area contributed by atoms with Gasteiger partial charge >= 0.3 is 0 Å².